The number of anilines is 1. The molecule has 0 saturated heterocycles. The number of aromatic nitrogens is 2. The normalized spacial score (nSPS) is 11.5. The van der Waals surface area contributed by atoms with Crippen LogP contribution in [0.2, 0.25) is 5.02 Å². The van der Waals surface area contributed by atoms with Crippen LogP contribution in [-0.2, 0) is 27.7 Å². The maximum absolute atomic E-state index is 14.1. The van der Waals surface area contributed by atoms with Gasteiger partial charge in [-0.25, -0.2) is 22.6 Å². The molecule has 0 radical (unpaired) electrons. The zero-order valence-electron chi connectivity index (χ0n) is 16.3. The van der Waals surface area contributed by atoms with Crippen LogP contribution in [-0.4, -0.2) is 24.1 Å². The lowest BCUT2D eigenvalue weighted by Gasteiger charge is -2.12. The molecule has 0 aliphatic heterocycles. The molecule has 0 aliphatic carbocycles. The number of hydrogen-bond donors (Lipinski definition) is 2. The van der Waals surface area contributed by atoms with Crippen LogP contribution >= 0.6 is 11.6 Å². The summed E-state index contributed by atoms with van der Waals surface area (Å²) in [7, 11) is -4.11. The summed E-state index contributed by atoms with van der Waals surface area (Å²) in [5, 5.41) is 12.3. The summed E-state index contributed by atoms with van der Waals surface area (Å²) in [6, 6.07) is 7.01. The van der Waals surface area contributed by atoms with Gasteiger partial charge in [-0.3, -0.25) is 4.79 Å². The van der Waals surface area contributed by atoms with E-state index in [2.05, 4.69) is 10.4 Å². The third-order valence-corrected chi connectivity index (χ3v) is 6.02. The van der Waals surface area contributed by atoms with E-state index in [1.54, 1.807) is 19.3 Å². The van der Waals surface area contributed by atoms with E-state index in [9.17, 15) is 17.6 Å². The van der Waals surface area contributed by atoms with E-state index in [0.717, 1.165) is 12.0 Å². The third-order valence-electron chi connectivity index (χ3n) is 4.56. The van der Waals surface area contributed by atoms with Gasteiger partial charge >= 0.3 is 0 Å². The summed E-state index contributed by atoms with van der Waals surface area (Å²) >= 11 is 6.11. The Bertz CT molecular complexity index is 1220. The van der Waals surface area contributed by atoms with Crippen LogP contribution in [0, 0.1) is 12.7 Å². The number of nitrogens with zero attached hydrogens (tertiary/aromatic N) is 2. The minimum absolute atomic E-state index is 0.0705. The molecular weight excluding hydrogens is 431 g/mol. The van der Waals surface area contributed by atoms with Gasteiger partial charge < -0.3 is 5.32 Å². The molecular formula is C20H20ClFN4O3S. The molecule has 30 heavy (non-hydrogen) atoms. The van der Waals surface area contributed by atoms with Crippen molar-refractivity contribution in [2.45, 2.75) is 31.6 Å². The zero-order chi connectivity index (χ0) is 22.1. The molecule has 0 unspecified atom stereocenters. The van der Waals surface area contributed by atoms with Gasteiger partial charge in [0.1, 0.15) is 10.7 Å². The highest BCUT2D eigenvalue weighted by Crippen LogP contribution is 2.26. The number of sulfonamides is 1. The molecule has 3 rings (SSSR count). The number of primary sulfonamides is 1. The Morgan fingerprint density at radius 3 is 2.67 bits per heavy atom. The average Bonchev–Trinajstić information content (AvgIpc) is 3.16. The number of nitrogens with two attached hydrogens (primary N) is 1. The van der Waals surface area contributed by atoms with Gasteiger partial charge in [0.2, 0.25) is 15.9 Å². The Morgan fingerprint density at radius 1 is 1.30 bits per heavy atom. The Balaban J connectivity index is 1.90. The topological polar surface area (TPSA) is 107 Å². The zero-order valence-corrected chi connectivity index (χ0v) is 17.9. The maximum Gasteiger partial charge on any atom is 0.240 e. The summed E-state index contributed by atoms with van der Waals surface area (Å²) in [6.45, 7) is 3.66. The SMILES string of the molecule is CCc1cnn(-c2ccc(NC(=O)Cc3c(F)ccc(C)c3Cl)cc2S(N)(=O)=O)c1. The average molecular weight is 451 g/mol. The molecule has 0 saturated carbocycles. The van der Waals surface area contributed by atoms with E-state index in [1.165, 1.54) is 35.0 Å². The fourth-order valence-electron chi connectivity index (χ4n) is 2.93. The number of nitrogens with one attached hydrogen (secondary N) is 1. The molecule has 3 aromatic rings. The highest BCUT2D eigenvalue weighted by molar-refractivity contribution is 7.89. The molecule has 1 heterocycles. The van der Waals surface area contributed by atoms with Crippen molar-refractivity contribution >= 4 is 33.2 Å². The summed E-state index contributed by atoms with van der Waals surface area (Å²) in [6.07, 6.45) is 3.75. The van der Waals surface area contributed by atoms with E-state index >= 15 is 0 Å². The van der Waals surface area contributed by atoms with Crippen molar-refractivity contribution < 1.29 is 17.6 Å². The third kappa shape index (κ3) is 4.69. The molecule has 0 aliphatic rings. The van der Waals surface area contributed by atoms with E-state index in [4.69, 9.17) is 16.7 Å². The first-order valence-corrected chi connectivity index (χ1v) is 11.0. The number of carbonyl (C=O) groups is 1. The van der Waals surface area contributed by atoms with Gasteiger partial charge in [-0.15, -0.1) is 0 Å². The Kier molecular flexibility index (Phi) is 6.25. The van der Waals surface area contributed by atoms with Crippen molar-refractivity contribution in [3.63, 3.8) is 0 Å². The molecule has 0 bridgehead atoms. The predicted molar refractivity (Wildman–Crippen MR) is 113 cm³/mol. The van der Waals surface area contributed by atoms with Crippen LogP contribution in [0.5, 0.6) is 0 Å². The molecule has 1 aromatic heterocycles. The minimum Gasteiger partial charge on any atom is -0.326 e. The molecule has 3 N–H and O–H groups in total. The van der Waals surface area contributed by atoms with Gasteiger partial charge in [0, 0.05) is 17.4 Å². The summed E-state index contributed by atoms with van der Waals surface area (Å²) in [5.41, 5.74) is 2.08. The molecule has 2 aromatic carbocycles. The molecule has 158 valence electrons. The lowest BCUT2D eigenvalue weighted by Crippen LogP contribution is -2.18. The molecule has 0 fully saturated rings. The fraction of sp³-hybridized carbons (Fsp3) is 0.200. The van der Waals surface area contributed by atoms with Crippen molar-refractivity contribution in [3.8, 4) is 5.69 Å². The van der Waals surface area contributed by atoms with Crippen molar-refractivity contribution in [3.05, 3.63) is 70.3 Å². The first-order chi connectivity index (χ1) is 14.1. The van der Waals surface area contributed by atoms with Gasteiger partial charge in [0.15, 0.2) is 0 Å². The quantitative estimate of drug-likeness (QED) is 0.600. The Morgan fingerprint density at radius 2 is 2.03 bits per heavy atom. The second-order valence-corrected chi connectivity index (χ2v) is 8.66. The van der Waals surface area contributed by atoms with Gasteiger partial charge in [-0.1, -0.05) is 24.6 Å². The predicted octanol–water partition coefficient (Wildman–Crippen LogP) is 3.36. The monoisotopic (exact) mass is 450 g/mol. The number of rotatable bonds is 6. The highest BCUT2D eigenvalue weighted by Gasteiger charge is 2.19. The van der Waals surface area contributed by atoms with Crippen LogP contribution in [0.15, 0.2) is 47.6 Å². The van der Waals surface area contributed by atoms with Crippen molar-refractivity contribution in [2.75, 3.05) is 5.32 Å². The summed E-state index contributed by atoms with van der Waals surface area (Å²) < 4.78 is 39.7. The van der Waals surface area contributed by atoms with Crippen LogP contribution in [0.4, 0.5) is 10.1 Å². The summed E-state index contributed by atoms with van der Waals surface area (Å²) in [5.74, 6) is -1.14. The summed E-state index contributed by atoms with van der Waals surface area (Å²) in [4.78, 5) is 12.2. The standard InChI is InChI=1S/C20H20ClFN4O3S/c1-3-13-10-24-26(11-13)17-7-5-14(8-18(17)30(23,28)29)25-19(27)9-15-16(22)6-4-12(2)20(15)21/h4-8,10-11H,3,9H2,1-2H3,(H,25,27)(H2,23,28,29). The Labute approximate surface area is 178 Å². The van der Waals surface area contributed by atoms with Crippen molar-refractivity contribution in [1.29, 1.82) is 0 Å². The van der Waals surface area contributed by atoms with E-state index in [-0.39, 0.29) is 33.3 Å². The fourth-order valence-corrected chi connectivity index (χ4v) is 3.89. The molecule has 0 atom stereocenters. The van der Waals surface area contributed by atoms with Crippen molar-refractivity contribution in [2.24, 2.45) is 5.14 Å². The van der Waals surface area contributed by atoms with Gasteiger partial charge in [0.05, 0.1) is 23.3 Å². The van der Waals surface area contributed by atoms with Crippen LogP contribution in [0.25, 0.3) is 5.69 Å². The maximum atomic E-state index is 14.1. The van der Waals surface area contributed by atoms with E-state index in [0.29, 0.717) is 5.56 Å². The van der Waals surface area contributed by atoms with E-state index < -0.39 is 21.7 Å². The molecule has 10 heteroatoms. The molecule has 0 spiro atoms. The van der Waals surface area contributed by atoms with Crippen LogP contribution in [0.1, 0.15) is 23.6 Å². The van der Waals surface area contributed by atoms with Crippen LogP contribution < -0.4 is 10.5 Å². The number of aryl methyl sites for hydroxylation is 2. The first-order valence-electron chi connectivity index (χ1n) is 9.04. The number of carbonyl (C=O) groups excluding carboxylic acids is 1. The van der Waals surface area contributed by atoms with Gasteiger partial charge in [0.25, 0.3) is 0 Å². The van der Waals surface area contributed by atoms with E-state index in [1.807, 2.05) is 6.92 Å². The minimum atomic E-state index is -4.11. The number of amides is 1. The smallest absolute Gasteiger partial charge is 0.240 e. The number of halogens is 2. The largest absolute Gasteiger partial charge is 0.326 e. The first kappa shape index (κ1) is 21.9. The molecule has 7 nitrogen and oxygen atoms in total. The number of benzene rings is 2. The lowest BCUT2D eigenvalue weighted by molar-refractivity contribution is -0.115. The molecule has 1 amide bonds. The highest BCUT2D eigenvalue weighted by atomic mass is 35.5. The number of hydrogen-bond acceptors (Lipinski definition) is 4. The lowest BCUT2D eigenvalue weighted by atomic mass is 10.1. The van der Waals surface area contributed by atoms with Crippen molar-refractivity contribution in [1.82, 2.24) is 9.78 Å². The van der Waals surface area contributed by atoms with Crippen LogP contribution in [0.3, 0.4) is 0 Å². The Hall–Kier alpha value is -2.75. The second-order valence-electron chi connectivity index (χ2n) is 6.76. The van der Waals surface area contributed by atoms with Gasteiger partial charge in [-0.2, -0.15) is 5.10 Å². The second kappa shape index (κ2) is 8.55. The van der Waals surface area contributed by atoms with Gasteiger partial charge in [-0.05, 0) is 48.7 Å².